The summed E-state index contributed by atoms with van der Waals surface area (Å²) in [6, 6.07) is 6.30. The summed E-state index contributed by atoms with van der Waals surface area (Å²) in [5.41, 5.74) is 7.68. The van der Waals surface area contributed by atoms with Crippen LogP contribution in [0.2, 0.25) is 0 Å². The first-order valence-corrected chi connectivity index (χ1v) is 7.81. The Morgan fingerprint density at radius 3 is 2.91 bits per heavy atom. The molecule has 1 aromatic carbocycles. The van der Waals surface area contributed by atoms with Crippen molar-refractivity contribution >= 4 is 5.91 Å². The molecule has 0 bridgehead atoms. The first kappa shape index (κ1) is 15.3. The molecule has 0 saturated carbocycles. The third kappa shape index (κ3) is 3.10. The van der Waals surface area contributed by atoms with E-state index in [1.807, 2.05) is 6.92 Å². The second-order valence-corrected chi connectivity index (χ2v) is 6.98. The summed E-state index contributed by atoms with van der Waals surface area (Å²) in [5.74, 6) is 0.606. The highest BCUT2D eigenvalue weighted by Crippen LogP contribution is 2.38. The smallest absolute Gasteiger partial charge is 0.247 e. The molecule has 22 heavy (non-hydrogen) atoms. The van der Waals surface area contributed by atoms with Gasteiger partial charge >= 0.3 is 0 Å². The minimum atomic E-state index is -0.530. The number of fused-ring (bicyclic) bond motifs is 1. The number of para-hydroxylation sites is 1. The summed E-state index contributed by atoms with van der Waals surface area (Å²) in [4.78, 5) is 13.6. The van der Waals surface area contributed by atoms with Crippen LogP contribution in [0.15, 0.2) is 18.2 Å². The SMILES string of the molecule is C[C@@H]1CN(Cc2cccc3c2OC(C)(C)C3)C[C@@H](C(N)=O)O1. The lowest BCUT2D eigenvalue weighted by Gasteiger charge is -2.35. The first-order valence-electron chi connectivity index (χ1n) is 7.81. The van der Waals surface area contributed by atoms with Crippen LogP contribution >= 0.6 is 0 Å². The number of ether oxygens (including phenoxy) is 2. The van der Waals surface area contributed by atoms with Crippen LogP contribution in [0, 0.1) is 0 Å². The van der Waals surface area contributed by atoms with Crippen molar-refractivity contribution in [2.75, 3.05) is 13.1 Å². The van der Waals surface area contributed by atoms with E-state index in [4.69, 9.17) is 15.2 Å². The molecule has 1 fully saturated rings. The fourth-order valence-electron chi connectivity index (χ4n) is 3.37. The quantitative estimate of drug-likeness (QED) is 0.918. The molecule has 0 unspecified atom stereocenters. The number of benzene rings is 1. The molecule has 1 saturated heterocycles. The van der Waals surface area contributed by atoms with E-state index in [0.717, 1.165) is 25.3 Å². The van der Waals surface area contributed by atoms with Gasteiger partial charge in [-0.2, -0.15) is 0 Å². The van der Waals surface area contributed by atoms with Gasteiger partial charge in [-0.25, -0.2) is 0 Å². The Morgan fingerprint density at radius 2 is 2.18 bits per heavy atom. The molecular weight excluding hydrogens is 280 g/mol. The number of amides is 1. The van der Waals surface area contributed by atoms with Crippen molar-refractivity contribution in [1.29, 1.82) is 0 Å². The first-order chi connectivity index (χ1) is 10.3. The van der Waals surface area contributed by atoms with E-state index in [2.05, 4.69) is 36.9 Å². The predicted molar refractivity (Wildman–Crippen MR) is 83.7 cm³/mol. The van der Waals surface area contributed by atoms with E-state index < -0.39 is 12.0 Å². The molecule has 5 nitrogen and oxygen atoms in total. The van der Waals surface area contributed by atoms with Gasteiger partial charge in [0.15, 0.2) is 0 Å². The third-order valence-corrected chi connectivity index (χ3v) is 4.22. The van der Waals surface area contributed by atoms with Crippen molar-refractivity contribution in [3.05, 3.63) is 29.3 Å². The van der Waals surface area contributed by atoms with Gasteiger partial charge < -0.3 is 15.2 Å². The lowest BCUT2D eigenvalue weighted by atomic mass is 10.0. The van der Waals surface area contributed by atoms with Gasteiger partial charge in [0.1, 0.15) is 17.5 Å². The zero-order chi connectivity index (χ0) is 15.9. The highest BCUT2D eigenvalue weighted by Gasteiger charge is 2.33. The van der Waals surface area contributed by atoms with Gasteiger partial charge in [0.25, 0.3) is 0 Å². The molecular formula is C17H24N2O3. The van der Waals surface area contributed by atoms with Crippen LogP contribution in [-0.4, -0.2) is 41.7 Å². The number of nitrogens with two attached hydrogens (primary N) is 1. The van der Waals surface area contributed by atoms with Crippen LogP contribution in [0.5, 0.6) is 5.75 Å². The number of primary amides is 1. The van der Waals surface area contributed by atoms with Gasteiger partial charge in [-0.05, 0) is 26.3 Å². The molecule has 2 N–H and O–H groups in total. The molecule has 1 amide bonds. The van der Waals surface area contributed by atoms with Gasteiger partial charge in [0, 0.05) is 31.6 Å². The largest absolute Gasteiger partial charge is 0.487 e. The van der Waals surface area contributed by atoms with Crippen LogP contribution in [0.25, 0.3) is 0 Å². The number of nitrogens with zero attached hydrogens (tertiary/aromatic N) is 1. The Labute approximate surface area is 131 Å². The summed E-state index contributed by atoms with van der Waals surface area (Å²) < 4.78 is 11.7. The summed E-state index contributed by atoms with van der Waals surface area (Å²) in [7, 11) is 0. The Hall–Kier alpha value is -1.59. The summed E-state index contributed by atoms with van der Waals surface area (Å²) in [6.07, 6.45) is 0.401. The van der Waals surface area contributed by atoms with Crippen LogP contribution in [0.3, 0.4) is 0 Å². The zero-order valence-electron chi connectivity index (χ0n) is 13.5. The topological polar surface area (TPSA) is 64.8 Å². The maximum absolute atomic E-state index is 11.4. The lowest BCUT2D eigenvalue weighted by molar-refractivity contribution is -0.142. The Kier molecular flexibility index (Phi) is 3.87. The van der Waals surface area contributed by atoms with Crippen molar-refractivity contribution in [3.63, 3.8) is 0 Å². The molecule has 0 radical (unpaired) electrons. The molecule has 3 rings (SSSR count). The highest BCUT2D eigenvalue weighted by molar-refractivity contribution is 5.79. The zero-order valence-corrected chi connectivity index (χ0v) is 13.5. The van der Waals surface area contributed by atoms with Crippen molar-refractivity contribution in [2.45, 2.75) is 51.5 Å². The monoisotopic (exact) mass is 304 g/mol. The van der Waals surface area contributed by atoms with E-state index in [0.29, 0.717) is 6.54 Å². The van der Waals surface area contributed by atoms with E-state index >= 15 is 0 Å². The van der Waals surface area contributed by atoms with Crippen molar-refractivity contribution < 1.29 is 14.3 Å². The molecule has 0 spiro atoms. The molecule has 1 aromatic rings. The molecule has 0 aliphatic carbocycles. The second kappa shape index (κ2) is 5.56. The Balaban J connectivity index is 1.77. The summed E-state index contributed by atoms with van der Waals surface area (Å²) >= 11 is 0. The standard InChI is InChI=1S/C17H24N2O3/c1-11-8-19(10-14(21-11)16(18)20)9-13-6-4-5-12-7-17(2,3)22-15(12)13/h4-6,11,14H,7-10H2,1-3H3,(H2,18,20)/t11-,14+/m1/s1. The van der Waals surface area contributed by atoms with Crippen LogP contribution in [0.4, 0.5) is 0 Å². The molecule has 120 valence electrons. The van der Waals surface area contributed by atoms with E-state index in [9.17, 15) is 4.79 Å². The molecule has 0 aromatic heterocycles. The van der Waals surface area contributed by atoms with E-state index in [1.54, 1.807) is 0 Å². The number of hydrogen-bond donors (Lipinski definition) is 1. The molecule has 2 atom stereocenters. The average Bonchev–Trinajstić information content (AvgIpc) is 2.73. The number of carbonyl (C=O) groups is 1. The lowest BCUT2D eigenvalue weighted by Crippen LogP contribution is -2.51. The second-order valence-electron chi connectivity index (χ2n) is 6.98. The highest BCUT2D eigenvalue weighted by atomic mass is 16.5. The van der Waals surface area contributed by atoms with Crippen molar-refractivity contribution in [3.8, 4) is 5.75 Å². The fourth-order valence-corrected chi connectivity index (χ4v) is 3.37. The molecule has 2 aliphatic heterocycles. The minimum Gasteiger partial charge on any atom is -0.487 e. The number of carbonyl (C=O) groups excluding carboxylic acids is 1. The number of rotatable bonds is 3. The summed E-state index contributed by atoms with van der Waals surface area (Å²) in [6.45, 7) is 8.25. The maximum atomic E-state index is 11.4. The predicted octanol–water partition coefficient (Wildman–Crippen LogP) is 1.47. The Bertz CT molecular complexity index is 585. The normalized spacial score (nSPS) is 27.2. The third-order valence-electron chi connectivity index (χ3n) is 4.22. The minimum absolute atomic E-state index is 0.000343. The van der Waals surface area contributed by atoms with Gasteiger partial charge in [-0.3, -0.25) is 9.69 Å². The van der Waals surface area contributed by atoms with Crippen LogP contribution in [-0.2, 0) is 22.5 Å². The van der Waals surface area contributed by atoms with Gasteiger partial charge in [0.2, 0.25) is 5.91 Å². The maximum Gasteiger partial charge on any atom is 0.247 e. The van der Waals surface area contributed by atoms with Gasteiger partial charge in [-0.1, -0.05) is 18.2 Å². The Morgan fingerprint density at radius 1 is 1.41 bits per heavy atom. The van der Waals surface area contributed by atoms with Crippen LogP contribution in [0.1, 0.15) is 31.9 Å². The van der Waals surface area contributed by atoms with Gasteiger partial charge in [-0.15, -0.1) is 0 Å². The van der Waals surface area contributed by atoms with Crippen molar-refractivity contribution in [2.24, 2.45) is 5.73 Å². The number of morpholine rings is 1. The van der Waals surface area contributed by atoms with Gasteiger partial charge in [0.05, 0.1) is 6.10 Å². The molecule has 2 heterocycles. The molecule has 2 aliphatic rings. The molecule has 5 heteroatoms. The van der Waals surface area contributed by atoms with Crippen molar-refractivity contribution in [1.82, 2.24) is 4.90 Å². The number of hydrogen-bond acceptors (Lipinski definition) is 4. The summed E-state index contributed by atoms with van der Waals surface area (Å²) in [5, 5.41) is 0. The van der Waals surface area contributed by atoms with Crippen LogP contribution < -0.4 is 10.5 Å². The average molecular weight is 304 g/mol. The van der Waals surface area contributed by atoms with E-state index in [-0.39, 0.29) is 11.7 Å². The van der Waals surface area contributed by atoms with E-state index in [1.165, 1.54) is 11.1 Å². The fraction of sp³-hybridized carbons (Fsp3) is 0.588.